The van der Waals surface area contributed by atoms with Crippen LogP contribution in [-0.4, -0.2) is 11.9 Å². The van der Waals surface area contributed by atoms with Gasteiger partial charge in [-0.2, -0.15) is 0 Å². The van der Waals surface area contributed by atoms with Crippen LogP contribution in [-0.2, 0) is 0 Å². The molecule has 0 aliphatic carbocycles. The third-order valence-electron chi connectivity index (χ3n) is 2.89. The molecule has 0 spiro atoms. The zero-order valence-corrected chi connectivity index (χ0v) is 15.1. The second-order valence-electron chi connectivity index (χ2n) is 4.58. The van der Waals surface area contributed by atoms with E-state index < -0.39 is 5.97 Å². The van der Waals surface area contributed by atoms with Gasteiger partial charge in [-0.1, -0.05) is 0 Å². The SMILES string of the molecule is O=C(Nc1ccc(OC(=O)c2ccc(Br)o2)cc1)c1ccc(Br)o1. The Balaban J connectivity index is 1.63. The van der Waals surface area contributed by atoms with Gasteiger partial charge in [0, 0.05) is 5.69 Å². The first-order chi connectivity index (χ1) is 11.5. The summed E-state index contributed by atoms with van der Waals surface area (Å²) in [6, 6.07) is 12.6. The van der Waals surface area contributed by atoms with E-state index in [9.17, 15) is 9.59 Å². The van der Waals surface area contributed by atoms with Crippen molar-refractivity contribution < 1.29 is 23.2 Å². The minimum Gasteiger partial charge on any atom is -0.444 e. The number of anilines is 1. The van der Waals surface area contributed by atoms with Gasteiger partial charge < -0.3 is 18.9 Å². The predicted molar refractivity (Wildman–Crippen MR) is 92.2 cm³/mol. The third-order valence-corrected chi connectivity index (χ3v) is 3.75. The normalized spacial score (nSPS) is 10.4. The van der Waals surface area contributed by atoms with Crippen molar-refractivity contribution in [3.8, 4) is 5.75 Å². The zero-order valence-electron chi connectivity index (χ0n) is 11.9. The summed E-state index contributed by atoms with van der Waals surface area (Å²) in [5.41, 5.74) is 0.535. The van der Waals surface area contributed by atoms with E-state index in [1.54, 1.807) is 42.5 Å². The lowest BCUT2D eigenvalue weighted by Crippen LogP contribution is -2.11. The summed E-state index contributed by atoms with van der Waals surface area (Å²) in [5, 5.41) is 2.67. The first-order valence-corrected chi connectivity index (χ1v) is 8.24. The summed E-state index contributed by atoms with van der Waals surface area (Å²) in [6.45, 7) is 0. The average molecular weight is 455 g/mol. The van der Waals surface area contributed by atoms with Crippen LogP contribution >= 0.6 is 31.9 Å². The number of rotatable bonds is 4. The fraction of sp³-hybridized carbons (Fsp3) is 0. The van der Waals surface area contributed by atoms with Crippen molar-refractivity contribution in [2.24, 2.45) is 0 Å². The quantitative estimate of drug-likeness (QED) is 0.449. The van der Waals surface area contributed by atoms with Crippen LogP contribution < -0.4 is 10.1 Å². The molecule has 2 heterocycles. The molecule has 24 heavy (non-hydrogen) atoms. The minimum atomic E-state index is -0.613. The monoisotopic (exact) mass is 453 g/mol. The number of ether oxygens (including phenoxy) is 1. The van der Waals surface area contributed by atoms with Gasteiger partial charge in [0.2, 0.25) is 5.76 Å². The van der Waals surface area contributed by atoms with Crippen LogP contribution in [0, 0.1) is 0 Å². The van der Waals surface area contributed by atoms with Gasteiger partial charge >= 0.3 is 5.97 Å². The molecule has 1 N–H and O–H groups in total. The Labute approximate surface area is 153 Å². The lowest BCUT2D eigenvalue weighted by atomic mass is 10.3. The molecule has 3 aromatic rings. The summed E-state index contributed by atoms with van der Waals surface area (Å²) >= 11 is 6.25. The van der Waals surface area contributed by atoms with E-state index in [0.717, 1.165) is 0 Å². The van der Waals surface area contributed by atoms with Crippen molar-refractivity contribution >= 4 is 49.4 Å². The maximum Gasteiger partial charge on any atom is 0.379 e. The predicted octanol–water partition coefficient (Wildman–Crippen LogP) is 4.87. The number of carbonyl (C=O) groups is 2. The number of esters is 1. The highest BCUT2D eigenvalue weighted by molar-refractivity contribution is 9.10. The molecule has 0 aliphatic heterocycles. The second kappa shape index (κ2) is 7.06. The van der Waals surface area contributed by atoms with E-state index >= 15 is 0 Å². The lowest BCUT2D eigenvalue weighted by Gasteiger charge is -2.05. The van der Waals surface area contributed by atoms with E-state index in [2.05, 4.69) is 37.2 Å². The Morgan fingerprint density at radius 1 is 0.833 bits per heavy atom. The Morgan fingerprint density at radius 3 is 1.96 bits per heavy atom. The van der Waals surface area contributed by atoms with Crippen molar-refractivity contribution in [3.05, 3.63) is 69.4 Å². The molecule has 1 aromatic carbocycles. The molecule has 122 valence electrons. The van der Waals surface area contributed by atoms with Gasteiger partial charge in [0.05, 0.1) is 0 Å². The van der Waals surface area contributed by atoms with Crippen molar-refractivity contribution in [2.75, 3.05) is 5.32 Å². The molecule has 0 fully saturated rings. The van der Waals surface area contributed by atoms with Gasteiger partial charge in [0.1, 0.15) is 5.75 Å². The molecule has 0 bridgehead atoms. The molecule has 0 saturated heterocycles. The largest absolute Gasteiger partial charge is 0.444 e. The maximum absolute atomic E-state index is 11.9. The van der Waals surface area contributed by atoms with Gasteiger partial charge in [-0.3, -0.25) is 4.79 Å². The van der Waals surface area contributed by atoms with Crippen LogP contribution in [0.1, 0.15) is 21.1 Å². The maximum atomic E-state index is 11.9. The van der Waals surface area contributed by atoms with Crippen molar-refractivity contribution in [2.45, 2.75) is 0 Å². The van der Waals surface area contributed by atoms with Crippen LogP contribution in [0.3, 0.4) is 0 Å². The Morgan fingerprint density at radius 2 is 1.42 bits per heavy atom. The van der Waals surface area contributed by atoms with Gasteiger partial charge in [0.15, 0.2) is 15.1 Å². The average Bonchev–Trinajstić information content (AvgIpc) is 3.18. The van der Waals surface area contributed by atoms with E-state index in [0.29, 0.717) is 20.8 Å². The van der Waals surface area contributed by atoms with Gasteiger partial charge in [-0.05, 0) is 80.4 Å². The highest BCUT2D eigenvalue weighted by Crippen LogP contribution is 2.20. The summed E-state index contributed by atoms with van der Waals surface area (Å²) in [4.78, 5) is 23.8. The molecule has 0 atom stereocenters. The first kappa shape index (κ1) is 16.5. The standard InChI is InChI=1S/C16H9Br2NO5/c17-13-7-5-11(23-13)15(20)19-9-1-3-10(4-2-9)22-16(21)12-6-8-14(18)24-12/h1-8H,(H,19,20). The minimum absolute atomic E-state index is 0.0858. The molecule has 1 amide bonds. The highest BCUT2D eigenvalue weighted by Gasteiger charge is 2.14. The zero-order chi connectivity index (χ0) is 17.1. The summed E-state index contributed by atoms with van der Waals surface area (Å²) in [7, 11) is 0. The summed E-state index contributed by atoms with van der Waals surface area (Å²) in [5.74, 6) is -0.404. The van der Waals surface area contributed by atoms with Gasteiger partial charge in [0.25, 0.3) is 5.91 Å². The number of furan rings is 2. The molecule has 0 saturated carbocycles. The number of benzene rings is 1. The third kappa shape index (κ3) is 3.95. The number of amides is 1. The van der Waals surface area contributed by atoms with Crippen molar-refractivity contribution in [1.29, 1.82) is 0 Å². The van der Waals surface area contributed by atoms with E-state index in [1.807, 2.05) is 0 Å². The van der Waals surface area contributed by atoms with Crippen LogP contribution in [0.15, 0.2) is 66.7 Å². The molecule has 0 unspecified atom stereocenters. The molecule has 8 heteroatoms. The fourth-order valence-electron chi connectivity index (χ4n) is 1.82. The molecule has 3 rings (SSSR count). The summed E-state index contributed by atoms with van der Waals surface area (Å²) in [6.07, 6.45) is 0. The topological polar surface area (TPSA) is 81.7 Å². The van der Waals surface area contributed by atoms with E-state index in [4.69, 9.17) is 13.6 Å². The number of hydrogen-bond acceptors (Lipinski definition) is 5. The van der Waals surface area contributed by atoms with Crippen molar-refractivity contribution in [3.63, 3.8) is 0 Å². The van der Waals surface area contributed by atoms with E-state index in [-0.39, 0.29) is 17.4 Å². The second-order valence-corrected chi connectivity index (χ2v) is 6.14. The van der Waals surface area contributed by atoms with Crippen LogP contribution in [0.25, 0.3) is 0 Å². The summed E-state index contributed by atoms with van der Waals surface area (Å²) < 4.78 is 16.4. The molecule has 0 radical (unpaired) electrons. The molecule has 0 aliphatic rings. The Bertz CT molecular complexity index is 809. The van der Waals surface area contributed by atoms with Gasteiger partial charge in [-0.15, -0.1) is 0 Å². The lowest BCUT2D eigenvalue weighted by molar-refractivity contribution is 0.0699. The van der Waals surface area contributed by atoms with Crippen molar-refractivity contribution in [1.82, 2.24) is 0 Å². The van der Waals surface area contributed by atoms with Gasteiger partial charge in [-0.25, -0.2) is 4.79 Å². The smallest absolute Gasteiger partial charge is 0.379 e. The Hall–Kier alpha value is -2.32. The number of carbonyl (C=O) groups excluding carboxylic acids is 2. The molecule has 6 nitrogen and oxygen atoms in total. The fourth-order valence-corrected chi connectivity index (χ4v) is 2.43. The van der Waals surface area contributed by atoms with E-state index in [1.165, 1.54) is 6.07 Å². The number of halogens is 2. The van der Waals surface area contributed by atoms with Crippen LogP contribution in [0.2, 0.25) is 0 Å². The number of hydrogen-bond donors (Lipinski definition) is 1. The first-order valence-electron chi connectivity index (χ1n) is 6.65. The highest BCUT2D eigenvalue weighted by atomic mass is 79.9. The Kier molecular flexibility index (Phi) is 4.86. The molecular formula is C16H9Br2NO5. The van der Waals surface area contributed by atoms with Crippen LogP contribution in [0.4, 0.5) is 5.69 Å². The van der Waals surface area contributed by atoms with Crippen LogP contribution in [0.5, 0.6) is 5.75 Å². The molecule has 2 aromatic heterocycles. The molecular weight excluding hydrogens is 446 g/mol. The number of nitrogens with one attached hydrogen (secondary N) is 1.